The van der Waals surface area contributed by atoms with Crippen molar-refractivity contribution >= 4 is 50.4 Å². The van der Waals surface area contributed by atoms with Crippen molar-refractivity contribution in [3.8, 4) is 17.2 Å². The number of aromatic nitrogens is 9. The minimum absolute atomic E-state index is 0.0854. The maximum atomic E-state index is 13.8. The van der Waals surface area contributed by atoms with Gasteiger partial charge in [-0.05, 0) is 334 Å². The normalized spacial score (nSPS) is 42.8. The number of fused-ring (bicyclic) bond motifs is 18. The number of methoxy groups -OCH3 is 3. The quantitative estimate of drug-likeness (QED) is 0.103. The molecule has 570 valence electrons. The van der Waals surface area contributed by atoms with Gasteiger partial charge in [0, 0.05) is 17.8 Å². The first-order chi connectivity index (χ1) is 50.0. The lowest BCUT2D eigenvalue weighted by Gasteiger charge is -2.61. The first kappa shape index (κ1) is 73.3. The summed E-state index contributed by atoms with van der Waals surface area (Å²) in [6, 6.07) is 17.2. The van der Waals surface area contributed by atoms with E-state index in [1.807, 2.05) is 75.4 Å². The van der Waals surface area contributed by atoms with Crippen LogP contribution in [0.4, 0.5) is 0 Å². The Morgan fingerprint density at radius 3 is 1.22 bits per heavy atom. The fraction of sp³-hybridized carbons (Fsp3) is 0.759. The lowest BCUT2D eigenvalue weighted by Crippen LogP contribution is -2.55. The summed E-state index contributed by atoms with van der Waals surface area (Å²) in [7, 11) is 4.93. The summed E-state index contributed by atoms with van der Waals surface area (Å²) >= 11 is 0. The number of rotatable bonds is 12. The summed E-state index contributed by atoms with van der Waals surface area (Å²) in [6.45, 7) is 21.8. The highest BCUT2D eigenvalue weighted by Gasteiger charge is 2.66. The Morgan fingerprint density at radius 1 is 0.390 bits per heavy atom. The summed E-state index contributed by atoms with van der Waals surface area (Å²) in [6.07, 6.45) is 30.4. The molecule has 0 radical (unpaired) electrons. The monoisotopic (exact) mass is 1440 g/mol. The number of para-hydroxylation sites is 1. The fourth-order valence-corrected chi connectivity index (χ4v) is 28.4. The summed E-state index contributed by atoms with van der Waals surface area (Å²) in [4.78, 5) is 42.8. The Kier molecular flexibility index (Phi) is 18.7. The molecule has 3 heterocycles. The average Bonchev–Trinajstić information content (AvgIpc) is 1.71. The van der Waals surface area contributed by atoms with Crippen LogP contribution >= 0.6 is 0 Å². The van der Waals surface area contributed by atoms with Crippen molar-refractivity contribution in [2.45, 2.75) is 272 Å². The third kappa shape index (κ3) is 12.3. The minimum Gasteiger partial charge on any atom is -0.494 e. The van der Waals surface area contributed by atoms with Gasteiger partial charge in [0.15, 0.2) is 28.4 Å². The van der Waals surface area contributed by atoms with Crippen LogP contribution in [0.5, 0.6) is 17.2 Å². The lowest BCUT2D eigenvalue weighted by molar-refractivity contribution is -0.151. The molecule has 3 aromatic carbocycles. The van der Waals surface area contributed by atoms with Crippen molar-refractivity contribution in [3.63, 3.8) is 0 Å². The molecule has 0 amide bonds. The largest absolute Gasteiger partial charge is 0.494 e. The number of benzene rings is 3. The van der Waals surface area contributed by atoms with Crippen LogP contribution in [0.25, 0.3) is 33.1 Å². The van der Waals surface area contributed by atoms with Gasteiger partial charge in [0.25, 0.3) is 0 Å². The van der Waals surface area contributed by atoms with Gasteiger partial charge in [0.2, 0.25) is 0 Å². The van der Waals surface area contributed by atoms with Gasteiger partial charge in [0.05, 0.1) is 43.6 Å². The van der Waals surface area contributed by atoms with Crippen molar-refractivity contribution in [3.05, 3.63) is 54.6 Å². The smallest absolute Gasteiger partial charge is 0.159 e. The van der Waals surface area contributed by atoms with E-state index in [4.69, 9.17) is 14.2 Å². The standard InChI is InChI=1S/3C29H41N3O3/c1-27(34)14-15-28(2)18(16-27)8-9-19-20-10-11-22(29(20,3)13-12-21(19)28)24(33)17-32-23-6-5-7-25(35-4)26(23)30-31-32;1-27(34)14-15-28(2)18(16-27)8-9-19-20-10-11-22(29(20,3)13-12-21(19)28)24(33)17-32-26-23(30-31-32)6-5-7-25(26)35-4;1-27(34)14-15-28(2)18(16-27)8-9-19-20-10-11-22(29(20,3)13-12-21(19)28)24(33)17-32-30-23-6-5-7-25(35-4)26(23)31-32/h3*5-7,18-22,34H,8-17H2,1-4H3/t3*18-,19-,20-,21-,22+,27+,28-,29-/m000/s1. The molecule has 12 aliphatic carbocycles. The van der Waals surface area contributed by atoms with Crippen LogP contribution in [-0.2, 0) is 34.0 Å². The van der Waals surface area contributed by atoms with Crippen LogP contribution in [0.3, 0.4) is 0 Å². The Morgan fingerprint density at radius 2 is 0.771 bits per heavy atom. The molecular formula is C87H123N9O9. The van der Waals surface area contributed by atoms with Gasteiger partial charge < -0.3 is 29.5 Å². The predicted molar refractivity (Wildman–Crippen MR) is 405 cm³/mol. The van der Waals surface area contributed by atoms with Crippen molar-refractivity contribution in [2.75, 3.05) is 21.3 Å². The maximum absolute atomic E-state index is 13.8. The van der Waals surface area contributed by atoms with Gasteiger partial charge in [-0.1, -0.05) is 70.2 Å². The van der Waals surface area contributed by atoms with Gasteiger partial charge >= 0.3 is 0 Å². The first-order valence-corrected chi connectivity index (χ1v) is 41.3. The number of hydrogen-bond donors (Lipinski definition) is 3. The number of ether oxygens (including phenoxy) is 3. The molecule has 0 unspecified atom stereocenters. The molecule has 12 fully saturated rings. The number of nitrogens with zero attached hydrogens (tertiary/aromatic N) is 9. The number of ketones is 3. The van der Waals surface area contributed by atoms with E-state index < -0.39 is 16.8 Å². The first-order valence-electron chi connectivity index (χ1n) is 41.3. The van der Waals surface area contributed by atoms with Crippen LogP contribution in [0, 0.1) is 121 Å². The number of hydrogen-bond acceptors (Lipinski definition) is 15. The van der Waals surface area contributed by atoms with E-state index in [-0.39, 0.29) is 47.1 Å². The van der Waals surface area contributed by atoms with Crippen molar-refractivity contribution in [2.24, 2.45) is 121 Å². The third-order valence-corrected chi connectivity index (χ3v) is 34.0. The van der Waals surface area contributed by atoms with E-state index in [2.05, 4.69) is 72.4 Å². The van der Waals surface area contributed by atoms with E-state index >= 15 is 0 Å². The van der Waals surface area contributed by atoms with Crippen LogP contribution in [0.2, 0.25) is 0 Å². The molecule has 24 atom stereocenters. The zero-order chi connectivity index (χ0) is 73.8. The molecule has 12 aliphatic rings. The molecule has 18 heteroatoms. The number of Topliss-reactive ketones (excluding diaryl/α,β-unsaturated/α-hetero) is 3. The van der Waals surface area contributed by atoms with E-state index in [9.17, 15) is 29.7 Å². The molecule has 3 N–H and O–H groups in total. The molecule has 12 saturated carbocycles. The van der Waals surface area contributed by atoms with Crippen molar-refractivity contribution in [1.82, 2.24) is 45.0 Å². The number of carbonyl (C=O) groups is 3. The maximum Gasteiger partial charge on any atom is 0.159 e. The van der Waals surface area contributed by atoms with Gasteiger partial charge in [-0.15, -0.1) is 15.3 Å². The van der Waals surface area contributed by atoms with Crippen LogP contribution in [0.1, 0.15) is 236 Å². The Bertz CT molecular complexity index is 4250. The fourth-order valence-electron chi connectivity index (χ4n) is 28.4. The highest BCUT2D eigenvalue weighted by molar-refractivity contribution is 5.88. The lowest BCUT2D eigenvalue weighted by atomic mass is 9.44. The van der Waals surface area contributed by atoms with Crippen LogP contribution in [0.15, 0.2) is 54.6 Å². The molecule has 0 bridgehead atoms. The predicted octanol–water partition coefficient (Wildman–Crippen LogP) is 16.3. The zero-order valence-electron chi connectivity index (χ0n) is 65.4. The van der Waals surface area contributed by atoms with Gasteiger partial charge in [-0.25, -0.2) is 9.36 Å². The molecule has 18 nitrogen and oxygen atoms in total. The molecule has 105 heavy (non-hydrogen) atoms. The zero-order valence-corrected chi connectivity index (χ0v) is 65.4. The van der Waals surface area contributed by atoms with Gasteiger partial charge in [-0.2, -0.15) is 9.90 Å². The highest BCUT2D eigenvalue weighted by atomic mass is 16.5. The molecule has 6 aromatic rings. The summed E-state index contributed by atoms with van der Waals surface area (Å²) in [5, 5.41) is 58.6. The Hall–Kier alpha value is -5.85. The van der Waals surface area contributed by atoms with E-state index in [1.165, 1.54) is 77.0 Å². The van der Waals surface area contributed by atoms with E-state index in [0.717, 1.165) is 165 Å². The third-order valence-electron chi connectivity index (χ3n) is 34.0. The number of aliphatic hydroxyl groups is 3. The van der Waals surface area contributed by atoms with E-state index in [1.54, 1.807) is 35.5 Å². The molecule has 18 rings (SSSR count). The summed E-state index contributed by atoms with van der Waals surface area (Å²) in [5.41, 5.74) is 4.51. The van der Waals surface area contributed by atoms with Crippen LogP contribution < -0.4 is 14.2 Å². The Balaban J connectivity index is 0.000000121. The van der Waals surface area contributed by atoms with Crippen molar-refractivity contribution < 1.29 is 43.9 Å². The molecule has 0 spiro atoms. The second kappa shape index (κ2) is 26.7. The second-order valence-electron chi connectivity index (χ2n) is 39.2. The van der Waals surface area contributed by atoms with Gasteiger partial charge in [-0.3, -0.25) is 14.4 Å². The summed E-state index contributed by atoms with van der Waals surface area (Å²) in [5.74, 6) is 11.6. The SMILES string of the molecule is COc1cccc2c1nnn2CC(=O)[C@H]1CC[C@H]2[C@@H]3CC[C@H]4C[C@](C)(O)CC[C@]4(C)[C@H]3CC[C@]12C.COc1cccc2nn(CC(=O)[C@H]3CC[C@H]4[C@@H]5CC[C@H]6C[C@](C)(O)CC[C@]6(C)[C@H]5CC[C@]34C)nc12.COc1cccc2nnn(CC(=O)[C@H]3CC[C@H]4[C@@H]5CC[C@H]6C[C@](C)(O)CC[C@]6(C)[C@H]5CC[C@]34C)c12. The average molecular weight is 1440 g/mol. The van der Waals surface area contributed by atoms with Crippen molar-refractivity contribution in [1.29, 1.82) is 0 Å². The molecule has 3 aromatic heterocycles. The molecule has 0 aliphatic heterocycles. The second-order valence-corrected chi connectivity index (χ2v) is 39.2. The minimum atomic E-state index is -0.487. The highest BCUT2D eigenvalue weighted by Crippen LogP contribution is 2.72. The topological polar surface area (TPSA) is 232 Å². The van der Waals surface area contributed by atoms with Crippen LogP contribution in [-0.4, -0.2) is 116 Å². The number of carbonyl (C=O) groups excluding carboxylic acids is 3. The molecular weight excluding hydrogens is 1320 g/mol. The Labute approximate surface area is 622 Å². The van der Waals surface area contributed by atoms with E-state index in [0.29, 0.717) is 92.9 Å². The summed E-state index contributed by atoms with van der Waals surface area (Å²) < 4.78 is 19.9. The molecule has 0 saturated heterocycles. The van der Waals surface area contributed by atoms with Gasteiger partial charge in [0.1, 0.15) is 53.4 Å².